The smallest absolute Gasteiger partial charge is 0.329 e. The van der Waals surface area contributed by atoms with Crippen molar-refractivity contribution >= 4 is 122 Å². The molecule has 0 bridgehead atoms. The summed E-state index contributed by atoms with van der Waals surface area (Å²) in [5.74, 6) is -3.98. The fourth-order valence-electron chi connectivity index (χ4n) is 5.71. The molecule has 2 aromatic carbocycles. The molecule has 2 aromatic rings. The van der Waals surface area contributed by atoms with Gasteiger partial charge in [0.25, 0.3) is 23.6 Å². The number of amides is 4. The summed E-state index contributed by atoms with van der Waals surface area (Å²) in [5, 5.41) is -1.63. The molecule has 2 aliphatic rings. The molecule has 0 N–H and O–H groups in total. The Bertz CT molecular complexity index is 1570. The number of imide groups is 2. The monoisotopic (exact) mass is 818 g/mol. The zero-order valence-corrected chi connectivity index (χ0v) is 31.7. The Balaban J connectivity index is 1.46. The molecule has 0 unspecified atom stereocenters. The highest BCUT2D eigenvalue weighted by Crippen LogP contribution is 2.46. The molecule has 4 rings (SSSR count). The summed E-state index contributed by atoms with van der Waals surface area (Å²) in [5.41, 5.74) is -0.834. The van der Waals surface area contributed by atoms with E-state index in [1.165, 1.54) is 19.3 Å². The van der Waals surface area contributed by atoms with Gasteiger partial charge in [0.15, 0.2) is 0 Å². The minimum absolute atomic E-state index is 0.0687. The Morgan fingerprint density at radius 1 is 0.542 bits per heavy atom. The van der Waals surface area contributed by atoms with E-state index in [-0.39, 0.29) is 94.8 Å². The number of nitrogens with zero attached hydrogens (tertiary/aromatic N) is 2. The average molecular weight is 822 g/mol. The zero-order chi connectivity index (χ0) is 35.4. The molecule has 0 fully saturated rings. The Labute approximate surface area is 318 Å². The van der Waals surface area contributed by atoms with Gasteiger partial charge in [-0.05, 0) is 25.7 Å². The van der Waals surface area contributed by atoms with E-state index in [1.807, 2.05) is 0 Å². The molecular weight excluding hydrogens is 792 g/mol. The molecule has 0 aromatic heterocycles. The fraction of sp³-hybridized carbons (Fsp3) is 0.469. The standard InChI is InChI=1S/C32H30Cl8N2O6/c1-2-3-4-5-6-7-8-11-14-48-32(47)15(42-30(45)18-19(31(42)46)23(36)27(40)26(39)22(18)35)12-9-10-13-41-28(43)16-17(29(41)44)21(34)25(38)24(37)20(16)33/h15H,2-14H2,1H3/t15-/m1/s1. The summed E-state index contributed by atoms with van der Waals surface area (Å²) in [6.45, 7) is 2.15. The normalized spacial score (nSPS) is 14.7. The van der Waals surface area contributed by atoms with Crippen LogP contribution in [0.2, 0.25) is 40.2 Å². The van der Waals surface area contributed by atoms with Gasteiger partial charge in [-0.2, -0.15) is 0 Å². The minimum Gasteiger partial charge on any atom is -0.464 e. The van der Waals surface area contributed by atoms with E-state index >= 15 is 0 Å². The summed E-state index contributed by atoms with van der Waals surface area (Å²) >= 11 is 49.6. The lowest BCUT2D eigenvalue weighted by Crippen LogP contribution is -2.46. The molecule has 0 saturated carbocycles. The molecule has 8 nitrogen and oxygen atoms in total. The van der Waals surface area contributed by atoms with E-state index in [9.17, 15) is 24.0 Å². The molecule has 16 heteroatoms. The van der Waals surface area contributed by atoms with Crippen molar-refractivity contribution in [2.24, 2.45) is 0 Å². The molecule has 0 radical (unpaired) electrons. The van der Waals surface area contributed by atoms with E-state index in [2.05, 4.69) is 6.92 Å². The quantitative estimate of drug-likeness (QED) is 0.0549. The summed E-state index contributed by atoms with van der Waals surface area (Å²) < 4.78 is 5.54. The summed E-state index contributed by atoms with van der Waals surface area (Å²) in [6, 6.07) is -1.38. The van der Waals surface area contributed by atoms with Crippen molar-refractivity contribution < 1.29 is 28.7 Å². The van der Waals surface area contributed by atoms with Crippen LogP contribution in [0.1, 0.15) is 119 Å². The first-order valence-electron chi connectivity index (χ1n) is 15.4. The molecule has 0 saturated heterocycles. The van der Waals surface area contributed by atoms with Crippen LogP contribution in [0.4, 0.5) is 0 Å². The number of hydrogen-bond donors (Lipinski definition) is 0. The van der Waals surface area contributed by atoms with Gasteiger partial charge in [-0.15, -0.1) is 0 Å². The van der Waals surface area contributed by atoms with Gasteiger partial charge in [-0.1, -0.05) is 145 Å². The van der Waals surface area contributed by atoms with E-state index in [0.717, 1.165) is 35.5 Å². The lowest BCUT2D eigenvalue weighted by Gasteiger charge is -2.25. The van der Waals surface area contributed by atoms with Crippen LogP contribution in [0, 0.1) is 0 Å². The first kappa shape index (κ1) is 39.3. The third kappa shape index (κ3) is 7.71. The van der Waals surface area contributed by atoms with Gasteiger partial charge in [-0.3, -0.25) is 29.0 Å². The van der Waals surface area contributed by atoms with Crippen molar-refractivity contribution in [1.29, 1.82) is 0 Å². The molecule has 0 spiro atoms. The number of benzene rings is 2. The van der Waals surface area contributed by atoms with Gasteiger partial charge in [0.05, 0.1) is 69.0 Å². The SMILES string of the molecule is CCCCCCCCCCOC(=O)[C@@H](CCCCN1C(=O)c2c(Cl)c(Cl)c(Cl)c(Cl)c2C1=O)N1C(=O)c2c(Cl)c(Cl)c(Cl)c(Cl)c2C1=O. The molecule has 2 heterocycles. The number of fused-ring (bicyclic) bond motifs is 2. The van der Waals surface area contributed by atoms with Crippen LogP contribution in [-0.2, 0) is 9.53 Å². The topological polar surface area (TPSA) is 101 Å². The van der Waals surface area contributed by atoms with Gasteiger partial charge in [-0.25, -0.2) is 4.79 Å². The summed E-state index contributed by atoms with van der Waals surface area (Å²) in [7, 11) is 0. The van der Waals surface area contributed by atoms with Crippen LogP contribution in [0.5, 0.6) is 0 Å². The highest BCUT2D eigenvalue weighted by Gasteiger charge is 2.47. The number of unbranched alkanes of at least 4 members (excludes halogenated alkanes) is 8. The van der Waals surface area contributed by atoms with Crippen molar-refractivity contribution in [3.05, 3.63) is 62.4 Å². The molecule has 1 atom stereocenters. The largest absolute Gasteiger partial charge is 0.464 e. The molecular formula is C32H30Cl8N2O6. The van der Waals surface area contributed by atoms with Crippen LogP contribution in [-0.4, -0.2) is 58.6 Å². The number of carbonyl (C=O) groups is 5. The highest BCUT2D eigenvalue weighted by atomic mass is 35.5. The van der Waals surface area contributed by atoms with E-state index in [0.29, 0.717) is 6.42 Å². The van der Waals surface area contributed by atoms with Crippen LogP contribution in [0.25, 0.3) is 0 Å². The van der Waals surface area contributed by atoms with Gasteiger partial charge in [0.1, 0.15) is 6.04 Å². The summed E-state index contributed by atoms with van der Waals surface area (Å²) in [4.78, 5) is 68.6. The highest BCUT2D eigenvalue weighted by molar-refractivity contribution is 6.56. The molecule has 4 amide bonds. The maximum Gasteiger partial charge on any atom is 0.329 e. The second kappa shape index (κ2) is 17.1. The van der Waals surface area contributed by atoms with Gasteiger partial charge in [0.2, 0.25) is 0 Å². The Morgan fingerprint density at radius 3 is 1.38 bits per heavy atom. The molecule has 260 valence electrons. The Morgan fingerprint density at radius 2 is 0.938 bits per heavy atom. The number of hydrogen-bond acceptors (Lipinski definition) is 6. The van der Waals surface area contributed by atoms with Crippen molar-refractivity contribution in [1.82, 2.24) is 9.80 Å². The zero-order valence-electron chi connectivity index (χ0n) is 25.6. The van der Waals surface area contributed by atoms with E-state index in [4.69, 9.17) is 97.5 Å². The van der Waals surface area contributed by atoms with Gasteiger partial charge >= 0.3 is 5.97 Å². The minimum atomic E-state index is -1.38. The molecule has 0 aliphatic carbocycles. The van der Waals surface area contributed by atoms with Crippen molar-refractivity contribution in [2.75, 3.05) is 13.2 Å². The third-order valence-electron chi connectivity index (χ3n) is 8.25. The number of ether oxygens (including phenoxy) is 1. The predicted octanol–water partition coefficient (Wildman–Crippen LogP) is 11.0. The van der Waals surface area contributed by atoms with Crippen LogP contribution in [0.15, 0.2) is 0 Å². The van der Waals surface area contributed by atoms with Crippen molar-refractivity contribution in [3.63, 3.8) is 0 Å². The number of halogens is 8. The lowest BCUT2D eigenvalue weighted by molar-refractivity contribution is -0.148. The van der Waals surface area contributed by atoms with Crippen molar-refractivity contribution in [2.45, 2.75) is 83.6 Å². The maximum absolute atomic E-state index is 13.6. The molecule has 48 heavy (non-hydrogen) atoms. The average Bonchev–Trinajstić information content (AvgIpc) is 3.47. The number of esters is 1. The van der Waals surface area contributed by atoms with Gasteiger partial charge in [0, 0.05) is 6.54 Å². The van der Waals surface area contributed by atoms with E-state index in [1.54, 1.807) is 0 Å². The van der Waals surface area contributed by atoms with Crippen molar-refractivity contribution in [3.8, 4) is 0 Å². The Hall–Kier alpha value is -1.49. The van der Waals surface area contributed by atoms with E-state index < -0.39 is 35.6 Å². The second-order valence-corrected chi connectivity index (χ2v) is 14.4. The fourth-order valence-corrected chi connectivity index (χ4v) is 7.74. The second-order valence-electron chi connectivity index (χ2n) is 11.4. The Kier molecular flexibility index (Phi) is 14.0. The maximum atomic E-state index is 13.6. The predicted molar refractivity (Wildman–Crippen MR) is 190 cm³/mol. The van der Waals surface area contributed by atoms with Crippen LogP contribution < -0.4 is 0 Å². The lowest BCUT2D eigenvalue weighted by atomic mass is 10.1. The van der Waals surface area contributed by atoms with Gasteiger partial charge < -0.3 is 4.74 Å². The summed E-state index contributed by atoms with van der Waals surface area (Å²) in [6.07, 6.45) is 8.53. The number of carbonyl (C=O) groups excluding carboxylic acids is 5. The van der Waals surface area contributed by atoms with Crippen LogP contribution >= 0.6 is 92.8 Å². The first-order chi connectivity index (χ1) is 22.8. The number of rotatable bonds is 16. The first-order valence-corrected chi connectivity index (χ1v) is 18.4. The van der Waals surface area contributed by atoms with Crippen LogP contribution in [0.3, 0.4) is 0 Å². The molecule has 2 aliphatic heterocycles. The third-order valence-corrected chi connectivity index (χ3v) is 11.9.